The zero-order valence-electron chi connectivity index (χ0n) is 14.7. The van der Waals surface area contributed by atoms with Gasteiger partial charge in [-0.25, -0.2) is 4.99 Å². The largest absolute Gasteiger partial charge is 0.451 e. The van der Waals surface area contributed by atoms with Gasteiger partial charge < -0.3 is 14.6 Å². The van der Waals surface area contributed by atoms with Crippen molar-refractivity contribution in [2.45, 2.75) is 38.2 Å². The minimum Gasteiger partial charge on any atom is -0.451 e. The summed E-state index contributed by atoms with van der Waals surface area (Å²) in [5.41, 5.74) is 3.45. The van der Waals surface area contributed by atoms with Crippen LogP contribution in [0.5, 0.6) is 0 Å². The summed E-state index contributed by atoms with van der Waals surface area (Å²) in [6.45, 7) is 4.26. The van der Waals surface area contributed by atoms with Gasteiger partial charge in [-0.05, 0) is 43.0 Å². The van der Waals surface area contributed by atoms with Crippen molar-refractivity contribution in [1.29, 1.82) is 0 Å². The van der Waals surface area contributed by atoms with Crippen molar-refractivity contribution in [3.8, 4) is 0 Å². The van der Waals surface area contributed by atoms with Gasteiger partial charge >= 0.3 is 0 Å². The minimum absolute atomic E-state index is 0.0652. The number of aliphatic imine (C=N–C) groups is 1. The van der Waals surface area contributed by atoms with Crippen LogP contribution in [-0.2, 0) is 9.53 Å². The molecule has 2 aromatic rings. The monoisotopic (exact) mass is 340 g/mol. The fourth-order valence-corrected chi connectivity index (χ4v) is 3.84. The first-order chi connectivity index (χ1) is 12.2. The second kappa shape index (κ2) is 6.43. The number of ether oxygens (including phenoxy) is 1. The topological polar surface area (TPSA) is 69.7 Å². The molecule has 6 nitrogen and oxygen atoms in total. The van der Waals surface area contributed by atoms with Gasteiger partial charge in [0.05, 0.1) is 0 Å². The van der Waals surface area contributed by atoms with Crippen molar-refractivity contribution >= 4 is 28.5 Å². The summed E-state index contributed by atoms with van der Waals surface area (Å²) >= 11 is 0. The minimum atomic E-state index is -0.545. The molecule has 1 aromatic carbocycles. The number of aromatic amines is 1. The molecule has 2 aliphatic heterocycles. The third-order valence-corrected chi connectivity index (χ3v) is 5.29. The maximum Gasteiger partial charge on any atom is 0.292 e. The standard InChI is InChI=1S/C19H24N4O2/c1-12(17-18(24)22-19(20-2)25-17)15-11-21-16-7-6-13(10-14(15)16)23-8-4-3-5-9-23/h6-7,10-12,17,21H,3-5,8-9H2,1-2H3,(H,20,22,24). The van der Waals surface area contributed by atoms with Crippen LogP contribution < -0.4 is 10.2 Å². The summed E-state index contributed by atoms with van der Waals surface area (Å²) in [5, 5.41) is 3.84. The van der Waals surface area contributed by atoms with Crippen LogP contribution >= 0.6 is 0 Å². The molecule has 0 aliphatic carbocycles. The fourth-order valence-electron chi connectivity index (χ4n) is 3.84. The second-order valence-electron chi connectivity index (χ2n) is 6.87. The molecule has 6 heteroatoms. The number of amides is 1. The lowest BCUT2D eigenvalue weighted by atomic mass is 9.94. The fraction of sp³-hybridized carbons (Fsp3) is 0.474. The van der Waals surface area contributed by atoms with E-state index in [0.717, 1.165) is 29.6 Å². The number of rotatable bonds is 3. The molecule has 0 radical (unpaired) electrons. The molecule has 3 heterocycles. The normalized spacial score (nSPS) is 23.8. The van der Waals surface area contributed by atoms with Crippen LogP contribution in [0.1, 0.15) is 37.7 Å². The van der Waals surface area contributed by atoms with Gasteiger partial charge in [0.15, 0.2) is 6.10 Å². The number of fused-ring (bicyclic) bond motifs is 1. The summed E-state index contributed by atoms with van der Waals surface area (Å²) in [6, 6.07) is 6.85. The predicted octanol–water partition coefficient (Wildman–Crippen LogP) is 2.76. The molecule has 25 heavy (non-hydrogen) atoms. The Balaban J connectivity index is 1.66. The predicted molar refractivity (Wildman–Crippen MR) is 99.2 cm³/mol. The second-order valence-corrected chi connectivity index (χ2v) is 6.87. The van der Waals surface area contributed by atoms with Crippen molar-refractivity contribution < 1.29 is 9.53 Å². The smallest absolute Gasteiger partial charge is 0.292 e. The first-order valence-corrected chi connectivity index (χ1v) is 8.97. The highest BCUT2D eigenvalue weighted by molar-refractivity contribution is 6.03. The van der Waals surface area contributed by atoms with E-state index in [4.69, 9.17) is 4.74 Å². The Labute approximate surface area is 147 Å². The lowest BCUT2D eigenvalue weighted by Gasteiger charge is -2.29. The Morgan fingerprint density at radius 2 is 2.08 bits per heavy atom. The van der Waals surface area contributed by atoms with Crippen molar-refractivity contribution in [1.82, 2.24) is 10.3 Å². The van der Waals surface area contributed by atoms with E-state index in [1.165, 1.54) is 24.9 Å². The highest BCUT2D eigenvalue weighted by atomic mass is 16.5. The van der Waals surface area contributed by atoms with Crippen molar-refractivity contribution in [3.63, 3.8) is 0 Å². The number of aromatic nitrogens is 1. The maximum atomic E-state index is 12.2. The Bertz CT molecular complexity index is 820. The molecule has 2 fully saturated rings. The number of nitrogens with zero attached hydrogens (tertiary/aromatic N) is 2. The SMILES string of the molecule is CN=C1NC(=O)C(C(C)c2c[nH]c3ccc(N4CCCCC4)cc23)O1. The number of H-pyrrole nitrogens is 1. The van der Waals surface area contributed by atoms with E-state index in [1.54, 1.807) is 7.05 Å². The summed E-state index contributed by atoms with van der Waals surface area (Å²) < 4.78 is 5.67. The average Bonchev–Trinajstić information content (AvgIpc) is 3.24. The molecule has 1 aromatic heterocycles. The van der Waals surface area contributed by atoms with E-state index in [-0.39, 0.29) is 11.8 Å². The molecule has 2 aliphatic rings. The van der Waals surface area contributed by atoms with Crippen molar-refractivity contribution in [3.05, 3.63) is 30.0 Å². The number of anilines is 1. The van der Waals surface area contributed by atoms with Crippen molar-refractivity contribution in [2.24, 2.45) is 4.99 Å². The number of carbonyl (C=O) groups is 1. The number of piperidine rings is 1. The van der Waals surface area contributed by atoms with Crippen LogP contribution in [0.25, 0.3) is 10.9 Å². The van der Waals surface area contributed by atoms with Gasteiger partial charge in [-0.1, -0.05) is 6.92 Å². The van der Waals surface area contributed by atoms with E-state index >= 15 is 0 Å². The van der Waals surface area contributed by atoms with Crippen LogP contribution in [-0.4, -0.2) is 43.2 Å². The summed E-state index contributed by atoms with van der Waals surface area (Å²) in [4.78, 5) is 21.9. The van der Waals surface area contributed by atoms with Crippen LogP contribution in [0, 0.1) is 0 Å². The highest BCUT2D eigenvalue weighted by Crippen LogP contribution is 2.33. The summed E-state index contributed by atoms with van der Waals surface area (Å²) in [6.07, 6.45) is 5.28. The number of hydrogen-bond acceptors (Lipinski definition) is 4. The Kier molecular flexibility index (Phi) is 4.11. The molecule has 2 saturated heterocycles. The van der Waals surface area contributed by atoms with E-state index in [1.807, 2.05) is 13.1 Å². The molecule has 0 saturated carbocycles. The Morgan fingerprint density at radius 3 is 2.80 bits per heavy atom. The van der Waals surface area contributed by atoms with Crippen LogP contribution in [0.4, 0.5) is 5.69 Å². The molecule has 132 valence electrons. The van der Waals surface area contributed by atoms with E-state index in [0.29, 0.717) is 6.02 Å². The van der Waals surface area contributed by atoms with Crippen LogP contribution in [0.2, 0.25) is 0 Å². The number of hydrogen-bond donors (Lipinski definition) is 2. The van der Waals surface area contributed by atoms with Gasteiger partial charge in [0.2, 0.25) is 0 Å². The number of nitrogens with one attached hydrogen (secondary N) is 2. The first kappa shape index (κ1) is 16.0. The number of carbonyl (C=O) groups excluding carboxylic acids is 1. The molecular weight excluding hydrogens is 316 g/mol. The first-order valence-electron chi connectivity index (χ1n) is 8.97. The Morgan fingerprint density at radius 1 is 1.28 bits per heavy atom. The zero-order chi connectivity index (χ0) is 17.4. The van der Waals surface area contributed by atoms with Gasteiger partial charge in [-0.2, -0.15) is 0 Å². The van der Waals surface area contributed by atoms with Gasteiger partial charge in [-0.3, -0.25) is 10.1 Å². The van der Waals surface area contributed by atoms with Crippen molar-refractivity contribution in [2.75, 3.05) is 25.0 Å². The molecule has 0 spiro atoms. The van der Waals surface area contributed by atoms with E-state index < -0.39 is 6.10 Å². The number of benzene rings is 1. The third-order valence-electron chi connectivity index (χ3n) is 5.29. The summed E-state index contributed by atoms with van der Waals surface area (Å²) in [5.74, 6) is -0.195. The molecule has 2 N–H and O–H groups in total. The molecule has 2 atom stereocenters. The third kappa shape index (κ3) is 2.86. The van der Waals surface area contributed by atoms with Gasteiger partial charge in [0.25, 0.3) is 11.9 Å². The maximum absolute atomic E-state index is 12.2. The quantitative estimate of drug-likeness (QED) is 0.903. The lowest BCUT2D eigenvalue weighted by Crippen LogP contribution is -2.29. The average molecular weight is 340 g/mol. The van der Waals surface area contributed by atoms with Gasteiger partial charge in [0.1, 0.15) is 0 Å². The molecular formula is C19H24N4O2. The van der Waals surface area contributed by atoms with E-state index in [9.17, 15) is 4.79 Å². The van der Waals surface area contributed by atoms with Gasteiger partial charge in [0, 0.05) is 48.8 Å². The highest BCUT2D eigenvalue weighted by Gasteiger charge is 2.36. The Hall–Kier alpha value is -2.50. The molecule has 1 amide bonds. The zero-order valence-corrected chi connectivity index (χ0v) is 14.7. The number of amidine groups is 1. The lowest BCUT2D eigenvalue weighted by molar-refractivity contribution is -0.124. The van der Waals surface area contributed by atoms with E-state index in [2.05, 4.69) is 38.4 Å². The summed E-state index contributed by atoms with van der Waals surface area (Å²) in [7, 11) is 1.61. The van der Waals surface area contributed by atoms with Crippen LogP contribution in [0.15, 0.2) is 29.4 Å². The van der Waals surface area contributed by atoms with Crippen LogP contribution in [0.3, 0.4) is 0 Å². The molecule has 2 unspecified atom stereocenters. The molecule has 4 rings (SSSR count). The molecule has 0 bridgehead atoms. The van der Waals surface area contributed by atoms with Gasteiger partial charge in [-0.15, -0.1) is 0 Å².